The molecule has 0 saturated carbocycles. The summed E-state index contributed by atoms with van der Waals surface area (Å²) in [5.41, 5.74) is -0.131. The van der Waals surface area contributed by atoms with Crippen molar-refractivity contribution in [2.45, 2.75) is 39.2 Å². The lowest BCUT2D eigenvalue weighted by Crippen LogP contribution is -2.24. The van der Waals surface area contributed by atoms with Crippen LogP contribution in [0.1, 0.15) is 33.6 Å². The molecule has 3 heteroatoms. The van der Waals surface area contributed by atoms with Gasteiger partial charge in [0.2, 0.25) is 0 Å². The van der Waals surface area contributed by atoms with Gasteiger partial charge in [-0.25, -0.2) is 0 Å². The first kappa shape index (κ1) is 11.4. The van der Waals surface area contributed by atoms with E-state index in [1.165, 1.54) is 7.11 Å². The van der Waals surface area contributed by atoms with Gasteiger partial charge in [-0.3, -0.25) is 4.79 Å². The van der Waals surface area contributed by atoms with Crippen molar-refractivity contribution in [3.63, 3.8) is 0 Å². The molecular weight excluding hydrogens is 156 g/mol. The van der Waals surface area contributed by atoms with Gasteiger partial charge in [-0.2, -0.15) is 0 Å². The molecule has 0 saturated heterocycles. The Morgan fingerprint density at radius 1 is 1.42 bits per heavy atom. The Balaban J connectivity index is 3.49. The van der Waals surface area contributed by atoms with Crippen LogP contribution in [0.3, 0.4) is 0 Å². The van der Waals surface area contributed by atoms with Crippen LogP contribution < -0.4 is 0 Å². The molecule has 0 radical (unpaired) electrons. The Hall–Kier alpha value is -0.570. The summed E-state index contributed by atoms with van der Waals surface area (Å²) in [7, 11) is 1.38. The van der Waals surface area contributed by atoms with Crippen molar-refractivity contribution >= 4 is 5.97 Å². The van der Waals surface area contributed by atoms with Crippen molar-refractivity contribution in [3.05, 3.63) is 0 Å². The zero-order valence-corrected chi connectivity index (χ0v) is 8.35. The zero-order valence-electron chi connectivity index (χ0n) is 8.35. The van der Waals surface area contributed by atoms with Crippen LogP contribution in [0, 0.1) is 0 Å². The SMILES string of the molecule is CCC(C)(C)OCCC(=O)OC. The van der Waals surface area contributed by atoms with Crippen molar-refractivity contribution in [1.82, 2.24) is 0 Å². The lowest BCUT2D eigenvalue weighted by molar-refractivity contribution is -0.143. The minimum atomic E-state index is -0.220. The average Bonchev–Trinajstić information content (AvgIpc) is 2.04. The molecule has 0 aliphatic rings. The Kier molecular flexibility index (Phi) is 4.90. The Bertz CT molecular complexity index is 141. The number of hydrogen-bond donors (Lipinski definition) is 0. The van der Waals surface area contributed by atoms with Crippen molar-refractivity contribution in [1.29, 1.82) is 0 Å². The summed E-state index contributed by atoms with van der Waals surface area (Å²) in [6, 6.07) is 0. The molecular formula is C9H18O3. The van der Waals surface area contributed by atoms with Gasteiger partial charge in [0.05, 0.1) is 25.7 Å². The van der Waals surface area contributed by atoms with Gasteiger partial charge < -0.3 is 9.47 Å². The van der Waals surface area contributed by atoms with Gasteiger partial charge in [-0.05, 0) is 20.3 Å². The van der Waals surface area contributed by atoms with Gasteiger partial charge in [-0.1, -0.05) is 6.92 Å². The van der Waals surface area contributed by atoms with Crippen LogP contribution in [0.2, 0.25) is 0 Å². The number of carbonyl (C=O) groups excluding carboxylic acids is 1. The number of rotatable bonds is 5. The Morgan fingerprint density at radius 2 is 2.00 bits per heavy atom. The van der Waals surface area contributed by atoms with Gasteiger partial charge in [0.1, 0.15) is 0 Å². The third kappa shape index (κ3) is 5.13. The van der Waals surface area contributed by atoms with E-state index in [4.69, 9.17) is 4.74 Å². The van der Waals surface area contributed by atoms with Crippen LogP contribution in [0.5, 0.6) is 0 Å². The summed E-state index contributed by atoms with van der Waals surface area (Å²) in [5, 5.41) is 0. The molecule has 0 fully saturated rings. The fourth-order valence-corrected chi connectivity index (χ4v) is 0.615. The summed E-state index contributed by atoms with van der Waals surface area (Å²) >= 11 is 0. The molecule has 0 aromatic heterocycles. The zero-order chi connectivity index (χ0) is 9.61. The van der Waals surface area contributed by atoms with E-state index in [1.807, 2.05) is 13.8 Å². The highest BCUT2D eigenvalue weighted by Gasteiger charge is 2.15. The molecule has 0 aromatic carbocycles. The van der Waals surface area contributed by atoms with Crippen LogP contribution in [0.15, 0.2) is 0 Å². The van der Waals surface area contributed by atoms with E-state index >= 15 is 0 Å². The monoisotopic (exact) mass is 174 g/mol. The maximum absolute atomic E-state index is 10.7. The first-order chi connectivity index (χ1) is 5.52. The predicted octanol–water partition coefficient (Wildman–Crippen LogP) is 1.75. The van der Waals surface area contributed by atoms with Crippen LogP contribution in [-0.2, 0) is 14.3 Å². The largest absolute Gasteiger partial charge is 0.469 e. The van der Waals surface area contributed by atoms with E-state index in [-0.39, 0.29) is 11.6 Å². The van der Waals surface area contributed by atoms with Crippen LogP contribution >= 0.6 is 0 Å². The van der Waals surface area contributed by atoms with Crippen molar-refractivity contribution in [2.24, 2.45) is 0 Å². The van der Waals surface area contributed by atoms with E-state index in [1.54, 1.807) is 0 Å². The fraction of sp³-hybridized carbons (Fsp3) is 0.889. The lowest BCUT2D eigenvalue weighted by Gasteiger charge is -2.22. The van der Waals surface area contributed by atoms with Gasteiger partial charge >= 0.3 is 5.97 Å². The molecule has 0 unspecified atom stereocenters. The second-order valence-corrected chi connectivity index (χ2v) is 3.29. The number of hydrogen-bond acceptors (Lipinski definition) is 3. The maximum Gasteiger partial charge on any atom is 0.307 e. The molecule has 0 bridgehead atoms. The highest BCUT2D eigenvalue weighted by atomic mass is 16.5. The predicted molar refractivity (Wildman–Crippen MR) is 47.0 cm³/mol. The molecule has 0 rings (SSSR count). The first-order valence-electron chi connectivity index (χ1n) is 4.22. The minimum Gasteiger partial charge on any atom is -0.469 e. The Labute approximate surface area is 74.0 Å². The van der Waals surface area contributed by atoms with Crippen LogP contribution in [-0.4, -0.2) is 25.3 Å². The van der Waals surface area contributed by atoms with Crippen molar-refractivity contribution in [2.75, 3.05) is 13.7 Å². The molecule has 0 spiro atoms. The molecule has 12 heavy (non-hydrogen) atoms. The van der Waals surface area contributed by atoms with Gasteiger partial charge in [0.15, 0.2) is 0 Å². The number of carbonyl (C=O) groups is 1. The second kappa shape index (κ2) is 5.14. The standard InChI is InChI=1S/C9H18O3/c1-5-9(2,3)12-7-6-8(10)11-4/h5-7H2,1-4H3. The summed E-state index contributed by atoms with van der Waals surface area (Å²) in [6.07, 6.45) is 1.27. The number of methoxy groups -OCH3 is 1. The van der Waals surface area contributed by atoms with Gasteiger partial charge in [0, 0.05) is 0 Å². The molecule has 0 atom stereocenters. The number of esters is 1. The summed E-state index contributed by atoms with van der Waals surface area (Å²) in [5.74, 6) is -0.220. The topological polar surface area (TPSA) is 35.5 Å². The normalized spacial score (nSPS) is 11.3. The quantitative estimate of drug-likeness (QED) is 0.596. The highest BCUT2D eigenvalue weighted by Crippen LogP contribution is 2.13. The fourth-order valence-electron chi connectivity index (χ4n) is 0.615. The summed E-state index contributed by atoms with van der Waals surface area (Å²) in [6.45, 7) is 6.50. The van der Waals surface area contributed by atoms with Crippen molar-refractivity contribution < 1.29 is 14.3 Å². The number of ether oxygens (including phenoxy) is 2. The first-order valence-corrected chi connectivity index (χ1v) is 4.22. The van der Waals surface area contributed by atoms with E-state index in [0.717, 1.165) is 6.42 Å². The van der Waals surface area contributed by atoms with Gasteiger partial charge in [-0.15, -0.1) is 0 Å². The molecule has 3 nitrogen and oxygen atoms in total. The Morgan fingerprint density at radius 3 is 2.42 bits per heavy atom. The minimum absolute atomic E-state index is 0.131. The summed E-state index contributed by atoms with van der Waals surface area (Å²) < 4.78 is 9.93. The van der Waals surface area contributed by atoms with E-state index < -0.39 is 0 Å². The average molecular weight is 174 g/mol. The van der Waals surface area contributed by atoms with Crippen LogP contribution in [0.25, 0.3) is 0 Å². The van der Waals surface area contributed by atoms with E-state index in [2.05, 4.69) is 11.7 Å². The third-order valence-corrected chi connectivity index (χ3v) is 1.88. The lowest BCUT2D eigenvalue weighted by atomic mass is 10.1. The third-order valence-electron chi connectivity index (χ3n) is 1.88. The van der Waals surface area contributed by atoms with Crippen LogP contribution in [0.4, 0.5) is 0 Å². The molecule has 0 aromatic rings. The molecule has 0 aliphatic heterocycles. The summed E-state index contributed by atoms with van der Waals surface area (Å²) in [4.78, 5) is 10.7. The smallest absolute Gasteiger partial charge is 0.307 e. The molecule has 0 heterocycles. The molecule has 0 aliphatic carbocycles. The molecule has 0 N–H and O–H groups in total. The maximum atomic E-state index is 10.7. The highest BCUT2D eigenvalue weighted by molar-refractivity contribution is 5.69. The second-order valence-electron chi connectivity index (χ2n) is 3.29. The van der Waals surface area contributed by atoms with E-state index in [0.29, 0.717) is 13.0 Å². The molecule has 0 amide bonds. The van der Waals surface area contributed by atoms with Gasteiger partial charge in [0.25, 0.3) is 0 Å². The van der Waals surface area contributed by atoms with E-state index in [9.17, 15) is 4.79 Å². The van der Waals surface area contributed by atoms with Crippen molar-refractivity contribution in [3.8, 4) is 0 Å². The molecule has 72 valence electrons.